The molecule has 0 radical (unpaired) electrons. The average Bonchev–Trinajstić information content (AvgIpc) is 2.82. The summed E-state index contributed by atoms with van der Waals surface area (Å²) in [7, 11) is 0. The molecule has 3 aromatic rings. The minimum absolute atomic E-state index is 1.17. The number of fused-ring (bicyclic) bond motifs is 1. The number of thiophene rings is 1. The predicted molar refractivity (Wildman–Crippen MR) is 71.5 cm³/mol. The zero-order valence-corrected chi connectivity index (χ0v) is 9.50. The fourth-order valence-electron chi connectivity index (χ4n) is 1.82. The second kappa shape index (κ2) is 3.99. The van der Waals surface area contributed by atoms with E-state index in [4.69, 9.17) is 0 Å². The molecule has 0 fully saturated rings. The van der Waals surface area contributed by atoms with Crippen LogP contribution in [0, 0.1) is 0 Å². The lowest BCUT2D eigenvalue weighted by Crippen LogP contribution is -1.88. The molecule has 0 unspecified atom stereocenters. The standard InChI is InChI=1S/C14H11NS/c1-2-7-12-11(5-1)6-3-8-13(12)15-14-9-4-10-16-14/h1-10,15H. The van der Waals surface area contributed by atoms with Gasteiger partial charge >= 0.3 is 0 Å². The van der Waals surface area contributed by atoms with E-state index in [1.54, 1.807) is 11.3 Å². The molecule has 0 atom stereocenters. The number of nitrogens with one attached hydrogen (secondary N) is 1. The lowest BCUT2D eigenvalue weighted by Gasteiger charge is -2.07. The third-order valence-corrected chi connectivity index (χ3v) is 3.35. The maximum atomic E-state index is 3.45. The van der Waals surface area contributed by atoms with Crippen LogP contribution in [-0.2, 0) is 0 Å². The summed E-state index contributed by atoms with van der Waals surface area (Å²) < 4.78 is 0. The van der Waals surface area contributed by atoms with Crippen molar-refractivity contribution in [3.63, 3.8) is 0 Å². The van der Waals surface area contributed by atoms with Crippen molar-refractivity contribution in [3.8, 4) is 0 Å². The highest BCUT2D eigenvalue weighted by atomic mass is 32.1. The second-order valence-corrected chi connectivity index (χ2v) is 4.58. The van der Waals surface area contributed by atoms with Crippen molar-refractivity contribution in [2.24, 2.45) is 0 Å². The molecule has 2 heteroatoms. The molecule has 0 aliphatic rings. The van der Waals surface area contributed by atoms with Gasteiger partial charge in [0.15, 0.2) is 0 Å². The largest absolute Gasteiger partial charge is 0.347 e. The molecule has 2 aromatic carbocycles. The van der Waals surface area contributed by atoms with Gasteiger partial charge in [0.2, 0.25) is 0 Å². The Morgan fingerprint density at radius 3 is 2.56 bits per heavy atom. The number of rotatable bonds is 2. The third kappa shape index (κ3) is 1.68. The van der Waals surface area contributed by atoms with Gasteiger partial charge in [-0.1, -0.05) is 36.4 Å². The molecular formula is C14H11NS. The van der Waals surface area contributed by atoms with Crippen LogP contribution in [0.25, 0.3) is 10.8 Å². The Kier molecular flexibility index (Phi) is 2.35. The Balaban J connectivity index is 2.10. The van der Waals surface area contributed by atoms with Gasteiger partial charge in [0, 0.05) is 11.1 Å². The van der Waals surface area contributed by atoms with Gasteiger partial charge in [0.25, 0.3) is 0 Å². The van der Waals surface area contributed by atoms with Crippen molar-refractivity contribution < 1.29 is 0 Å². The van der Waals surface area contributed by atoms with Gasteiger partial charge in [-0.05, 0) is 29.0 Å². The van der Waals surface area contributed by atoms with Crippen molar-refractivity contribution in [1.29, 1.82) is 0 Å². The van der Waals surface area contributed by atoms with Crippen molar-refractivity contribution in [2.75, 3.05) is 5.32 Å². The molecule has 0 amide bonds. The third-order valence-electron chi connectivity index (χ3n) is 2.57. The molecule has 0 saturated heterocycles. The molecule has 0 saturated carbocycles. The fourth-order valence-corrected chi connectivity index (χ4v) is 2.45. The summed E-state index contributed by atoms with van der Waals surface area (Å²) in [5, 5.41) is 9.23. The van der Waals surface area contributed by atoms with E-state index in [1.807, 2.05) is 0 Å². The molecule has 1 nitrogen and oxygen atoms in total. The Bertz CT molecular complexity index is 594. The molecule has 0 aliphatic carbocycles. The monoisotopic (exact) mass is 225 g/mol. The lowest BCUT2D eigenvalue weighted by atomic mass is 10.1. The lowest BCUT2D eigenvalue weighted by molar-refractivity contribution is 1.65. The fraction of sp³-hybridized carbons (Fsp3) is 0. The van der Waals surface area contributed by atoms with Crippen LogP contribution in [0.1, 0.15) is 0 Å². The van der Waals surface area contributed by atoms with E-state index in [0.29, 0.717) is 0 Å². The van der Waals surface area contributed by atoms with E-state index in [2.05, 4.69) is 65.3 Å². The number of hydrogen-bond donors (Lipinski definition) is 1. The predicted octanol–water partition coefficient (Wildman–Crippen LogP) is 4.64. The van der Waals surface area contributed by atoms with E-state index in [-0.39, 0.29) is 0 Å². The van der Waals surface area contributed by atoms with Crippen LogP contribution in [0.5, 0.6) is 0 Å². The summed E-state index contributed by atoms with van der Waals surface area (Å²) in [5.41, 5.74) is 1.17. The van der Waals surface area contributed by atoms with Gasteiger partial charge in [-0.3, -0.25) is 0 Å². The van der Waals surface area contributed by atoms with Crippen LogP contribution in [0.2, 0.25) is 0 Å². The topological polar surface area (TPSA) is 12.0 Å². The minimum atomic E-state index is 1.17. The van der Waals surface area contributed by atoms with E-state index in [1.165, 1.54) is 21.5 Å². The van der Waals surface area contributed by atoms with Crippen molar-refractivity contribution >= 4 is 32.8 Å². The summed E-state index contributed by atoms with van der Waals surface area (Å²) >= 11 is 1.72. The van der Waals surface area contributed by atoms with Gasteiger partial charge in [0.05, 0.1) is 5.00 Å². The molecule has 0 aliphatic heterocycles. The van der Waals surface area contributed by atoms with Gasteiger partial charge < -0.3 is 5.32 Å². The Morgan fingerprint density at radius 1 is 0.812 bits per heavy atom. The van der Waals surface area contributed by atoms with Gasteiger partial charge in [0.1, 0.15) is 0 Å². The number of hydrogen-bond acceptors (Lipinski definition) is 2. The second-order valence-electron chi connectivity index (χ2n) is 3.63. The van der Waals surface area contributed by atoms with Crippen LogP contribution in [0.15, 0.2) is 60.0 Å². The normalized spacial score (nSPS) is 10.5. The molecule has 1 N–H and O–H groups in total. The van der Waals surface area contributed by atoms with Gasteiger partial charge in [-0.25, -0.2) is 0 Å². The Labute approximate surface area is 98.4 Å². The van der Waals surface area contributed by atoms with Gasteiger partial charge in [-0.2, -0.15) is 0 Å². The van der Waals surface area contributed by atoms with Crippen LogP contribution in [-0.4, -0.2) is 0 Å². The molecule has 0 spiro atoms. The van der Waals surface area contributed by atoms with E-state index in [9.17, 15) is 0 Å². The minimum Gasteiger partial charge on any atom is -0.347 e. The first-order valence-electron chi connectivity index (χ1n) is 5.22. The maximum Gasteiger partial charge on any atom is 0.0926 e. The summed E-state index contributed by atoms with van der Waals surface area (Å²) in [6.45, 7) is 0. The molecule has 78 valence electrons. The Hall–Kier alpha value is -1.80. The van der Waals surface area contributed by atoms with Crippen LogP contribution in [0.3, 0.4) is 0 Å². The molecule has 1 heterocycles. The van der Waals surface area contributed by atoms with Crippen LogP contribution in [0.4, 0.5) is 10.7 Å². The molecule has 0 bridgehead atoms. The van der Waals surface area contributed by atoms with Crippen molar-refractivity contribution in [3.05, 3.63) is 60.0 Å². The first kappa shape index (κ1) is 9.43. The first-order chi connectivity index (χ1) is 7.93. The Morgan fingerprint density at radius 2 is 1.69 bits per heavy atom. The average molecular weight is 225 g/mol. The molecule has 1 aromatic heterocycles. The van der Waals surface area contributed by atoms with Gasteiger partial charge in [-0.15, -0.1) is 11.3 Å². The maximum absolute atomic E-state index is 3.45. The first-order valence-corrected chi connectivity index (χ1v) is 6.10. The highest BCUT2D eigenvalue weighted by Crippen LogP contribution is 2.28. The van der Waals surface area contributed by atoms with Crippen LogP contribution < -0.4 is 5.32 Å². The SMILES string of the molecule is c1csc(Nc2cccc3ccccc23)c1. The zero-order valence-electron chi connectivity index (χ0n) is 8.68. The summed E-state index contributed by atoms with van der Waals surface area (Å²) in [6, 6.07) is 18.9. The van der Waals surface area contributed by atoms with E-state index < -0.39 is 0 Å². The smallest absolute Gasteiger partial charge is 0.0926 e. The summed E-state index contributed by atoms with van der Waals surface area (Å²) in [5.74, 6) is 0. The highest BCUT2D eigenvalue weighted by Gasteiger charge is 2.00. The summed E-state index contributed by atoms with van der Waals surface area (Å²) in [4.78, 5) is 0. The number of benzene rings is 2. The van der Waals surface area contributed by atoms with Crippen molar-refractivity contribution in [2.45, 2.75) is 0 Å². The summed E-state index contributed by atoms with van der Waals surface area (Å²) in [6.07, 6.45) is 0. The quantitative estimate of drug-likeness (QED) is 0.669. The molecule has 3 rings (SSSR count). The zero-order chi connectivity index (χ0) is 10.8. The van der Waals surface area contributed by atoms with Crippen LogP contribution >= 0.6 is 11.3 Å². The highest BCUT2D eigenvalue weighted by molar-refractivity contribution is 7.14. The number of anilines is 2. The van der Waals surface area contributed by atoms with E-state index >= 15 is 0 Å². The molecule has 16 heavy (non-hydrogen) atoms. The van der Waals surface area contributed by atoms with E-state index in [0.717, 1.165) is 0 Å². The molecular weight excluding hydrogens is 214 g/mol. The van der Waals surface area contributed by atoms with Crippen molar-refractivity contribution in [1.82, 2.24) is 0 Å².